The topological polar surface area (TPSA) is 26.3 Å². The largest absolute Gasteiger partial charge is 0.457 e. The van der Waals surface area contributed by atoms with Crippen LogP contribution in [0.25, 0.3) is 0 Å². The second kappa shape index (κ2) is 5.02. The SMILES string of the molecule is CC(=O)c1cc(Oc2ccccc2)ccc1Cl. The molecule has 86 valence electrons. The summed E-state index contributed by atoms with van der Waals surface area (Å²) in [6.07, 6.45) is 0. The lowest BCUT2D eigenvalue weighted by Crippen LogP contribution is -1.94. The summed E-state index contributed by atoms with van der Waals surface area (Å²) in [6, 6.07) is 14.4. The third-order valence-corrected chi connectivity index (χ3v) is 2.63. The van der Waals surface area contributed by atoms with Crippen LogP contribution in [0.5, 0.6) is 11.5 Å². The summed E-state index contributed by atoms with van der Waals surface area (Å²) in [5, 5.41) is 0.443. The first-order valence-electron chi connectivity index (χ1n) is 5.20. The van der Waals surface area contributed by atoms with Crippen molar-refractivity contribution in [1.82, 2.24) is 0 Å². The molecule has 0 atom stereocenters. The van der Waals surface area contributed by atoms with Crippen molar-refractivity contribution in [2.24, 2.45) is 0 Å². The number of Topliss-reactive ketones (excluding diaryl/α,β-unsaturated/α-hetero) is 1. The minimum Gasteiger partial charge on any atom is -0.457 e. The molecular formula is C14H11ClO2. The first-order valence-corrected chi connectivity index (χ1v) is 5.58. The van der Waals surface area contributed by atoms with E-state index in [0.29, 0.717) is 16.3 Å². The van der Waals surface area contributed by atoms with E-state index in [1.165, 1.54) is 6.92 Å². The van der Waals surface area contributed by atoms with Crippen LogP contribution in [0.3, 0.4) is 0 Å². The van der Waals surface area contributed by atoms with Crippen LogP contribution in [0.2, 0.25) is 5.02 Å². The van der Waals surface area contributed by atoms with Gasteiger partial charge in [-0.15, -0.1) is 0 Å². The van der Waals surface area contributed by atoms with E-state index in [-0.39, 0.29) is 5.78 Å². The molecule has 0 heterocycles. The van der Waals surface area contributed by atoms with Gasteiger partial charge in [0.15, 0.2) is 5.78 Å². The number of rotatable bonds is 3. The minimum atomic E-state index is -0.0755. The summed E-state index contributed by atoms with van der Waals surface area (Å²) in [4.78, 5) is 11.3. The maximum atomic E-state index is 11.3. The van der Waals surface area contributed by atoms with Crippen LogP contribution in [-0.2, 0) is 0 Å². The van der Waals surface area contributed by atoms with Crippen molar-refractivity contribution in [1.29, 1.82) is 0 Å². The van der Waals surface area contributed by atoms with E-state index in [1.807, 2.05) is 30.3 Å². The Morgan fingerprint density at radius 3 is 2.41 bits per heavy atom. The molecule has 0 aromatic heterocycles. The van der Waals surface area contributed by atoms with Crippen molar-refractivity contribution in [2.45, 2.75) is 6.92 Å². The van der Waals surface area contributed by atoms with Crippen LogP contribution in [0, 0.1) is 0 Å². The van der Waals surface area contributed by atoms with Crippen molar-refractivity contribution in [3.63, 3.8) is 0 Å². The molecule has 0 unspecified atom stereocenters. The predicted octanol–water partition coefficient (Wildman–Crippen LogP) is 4.33. The highest BCUT2D eigenvalue weighted by atomic mass is 35.5. The molecule has 0 aliphatic carbocycles. The van der Waals surface area contributed by atoms with Crippen LogP contribution in [0.1, 0.15) is 17.3 Å². The number of ketones is 1. The van der Waals surface area contributed by atoms with Crippen LogP contribution in [0.4, 0.5) is 0 Å². The Morgan fingerprint density at radius 1 is 1.06 bits per heavy atom. The van der Waals surface area contributed by atoms with E-state index in [0.717, 1.165) is 5.75 Å². The number of ether oxygens (including phenoxy) is 1. The van der Waals surface area contributed by atoms with Gasteiger partial charge in [-0.1, -0.05) is 29.8 Å². The molecule has 0 spiro atoms. The Balaban J connectivity index is 2.29. The third kappa shape index (κ3) is 2.86. The van der Waals surface area contributed by atoms with Gasteiger partial charge in [-0.25, -0.2) is 0 Å². The average Bonchev–Trinajstić information content (AvgIpc) is 2.32. The van der Waals surface area contributed by atoms with Gasteiger partial charge in [0.1, 0.15) is 11.5 Å². The van der Waals surface area contributed by atoms with Crippen molar-refractivity contribution < 1.29 is 9.53 Å². The van der Waals surface area contributed by atoms with E-state index in [2.05, 4.69) is 0 Å². The van der Waals surface area contributed by atoms with Crippen LogP contribution < -0.4 is 4.74 Å². The quantitative estimate of drug-likeness (QED) is 0.754. The number of halogens is 1. The molecule has 0 N–H and O–H groups in total. The zero-order chi connectivity index (χ0) is 12.3. The Bertz CT molecular complexity index is 535. The molecule has 0 aliphatic heterocycles. The highest BCUT2D eigenvalue weighted by molar-refractivity contribution is 6.33. The summed E-state index contributed by atoms with van der Waals surface area (Å²) in [6.45, 7) is 1.48. The Labute approximate surface area is 105 Å². The van der Waals surface area contributed by atoms with Gasteiger partial charge >= 0.3 is 0 Å². The number of hydrogen-bond donors (Lipinski definition) is 0. The normalized spacial score (nSPS) is 10.0. The molecule has 2 nitrogen and oxygen atoms in total. The molecule has 2 aromatic carbocycles. The highest BCUT2D eigenvalue weighted by Crippen LogP contribution is 2.26. The number of hydrogen-bond acceptors (Lipinski definition) is 2. The second-order valence-corrected chi connectivity index (χ2v) is 4.02. The molecule has 0 fully saturated rings. The lowest BCUT2D eigenvalue weighted by atomic mass is 10.1. The molecule has 2 rings (SSSR count). The number of benzene rings is 2. The molecule has 17 heavy (non-hydrogen) atoms. The van der Waals surface area contributed by atoms with Gasteiger partial charge in [0, 0.05) is 5.56 Å². The fraction of sp³-hybridized carbons (Fsp3) is 0.0714. The fourth-order valence-electron chi connectivity index (χ4n) is 1.46. The predicted molar refractivity (Wildman–Crippen MR) is 68.0 cm³/mol. The van der Waals surface area contributed by atoms with E-state index in [9.17, 15) is 4.79 Å². The monoisotopic (exact) mass is 246 g/mol. The molecule has 2 aromatic rings. The lowest BCUT2D eigenvalue weighted by molar-refractivity contribution is 0.101. The van der Waals surface area contributed by atoms with Crippen molar-refractivity contribution in [3.8, 4) is 11.5 Å². The molecule has 0 radical (unpaired) electrons. The average molecular weight is 247 g/mol. The maximum Gasteiger partial charge on any atom is 0.161 e. The van der Waals surface area contributed by atoms with E-state index in [4.69, 9.17) is 16.3 Å². The zero-order valence-electron chi connectivity index (χ0n) is 9.31. The maximum absolute atomic E-state index is 11.3. The summed E-state index contributed by atoms with van der Waals surface area (Å²) in [5.41, 5.74) is 0.472. The first kappa shape index (κ1) is 11.7. The molecule has 0 aliphatic rings. The van der Waals surface area contributed by atoms with Crippen molar-refractivity contribution in [3.05, 3.63) is 59.1 Å². The Morgan fingerprint density at radius 2 is 1.76 bits per heavy atom. The van der Waals surface area contributed by atoms with Gasteiger partial charge in [0.2, 0.25) is 0 Å². The number of carbonyl (C=O) groups excluding carboxylic acids is 1. The minimum absolute atomic E-state index is 0.0755. The zero-order valence-corrected chi connectivity index (χ0v) is 10.1. The molecular weight excluding hydrogens is 236 g/mol. The van der Waals surface area contributed by atoms with Gasteiger partial charge in [-0.2, -0.15) is 0 Å². The molecule has 0 amide bonds. The summed E-state index contributed by atoms with van der Waals surface area (Å²) >= 11 is 5.92. The molecule has 3 heteroatoms. The first-order chi connectivity index (χ1) is 8.16. The summed E-state index contributed by atoms with van der Waals surface area (Å²) in [7, 11) is 0. The Hall–Kier alpha value is -1.80. The molecule has 0 bridgehead atoms. The smallest absolute Gasteiger partial charge is 0.161 e. The van der Waals surface area contributed by atoms with Gasteiger partial charge in [0.05, 0.1) is 5.02 Å². The number of carbonyl (C=O) groups is 1. The van der Waals surface area contributed by atoms with E-state index in [1.54, 1.807) is 18.2 Å². The van der Waals surface area contributed by atoms with Crippen LogP contribution in [0.15, 0.2) is 48.5 Å². The van der Waals surface area contributed by atoms with Gasteiger partial charge in [0.25, 0.3) is 0 Å². The second-order valence-electron chi connectivity index (χ2n) is 3.61. The van der Waals surface area contributed by atoms with Crippen molar-refractivity contribution in [2.75, 3.05) is 0 Å². The third-order valence-electron chi connectivity index (χ3n) is 2.30. The van der Waals surface area contributed by atoms with Gasteiger partial charge in [-0.3, -0.25) is 4.79 Å². The van der Waals surface area contributed by atoms with Gasteiger partial charge < -0.3 is 4.74 Å². The fourth-order valence-corrected chi connectivity index (χ4v) is 1.71. The van der Waals surface area contributed by atoms with Crippen LogP contribution in [-0.4, -0.2) is 5.78 Å². The molecule has 0 saturated heterocycles. The molecule has 0 saturated carbocycles. The standard InChI is InChI=1S/C14H11ClO2/c1-10(16)13-9-12(7-8-14(13)15)17-11-5-3-2-4-6-11/h2-9H,1H3. The summed E-state index contributed by atoms with van der Waals surface area (Å²) in [5.74, 6) is 1.25. The van der Waals surface area contributed by atoms with Crippen molar-refractivity contribution >= 4 is 17.4 Å². The lowest BCUT2D eigenvalue weighted by Gasteiger charge is -2.07. The van der Waals surface area contributed by atoms with Crippen LogP contribution >= 0.6 is 11.6 Å². The van der Waals surface area contributed by atoms with Gasteiger partial charge in [-0.05, 0) is 37.3 Å². The highest BCUT2D eigenvalue weighted by Gasteiger charge is 2.07. The number of para-hydroxylation sites is 1. The Kier molecular flexibility index (Phi) is 3.45. The summed E-state index contributed by atoms with van der Waals surface area (Å²) < 4.78 is 5.61. The van der Waals surface area contributed by atoms with E-state index < -0.39 is 0 Å². The van der Waals surface area contributed by atoms with E-state index >= 15 is 0 Å².